The first-order valence-electron chi connectivity index (χ1n) is 6.79. The fraction of sp³-hybridized carbons (Fsp3) is 0.250. The molecule has 0 saturated carbocycles. The Balaban J connectivity index is 2.29. The number of halogens is 1. The van der Waals surface area contributed by atoms with Crippen molar-refractivity contribution < 1.29 is 9.31 Å². The Bertz CT molecular complexity index is 641. The molecular formula is C16H17FN2O2. The molecule has 0 fully saturated rings. The smallest absolute Gasteiger partial charge is 0.274 e. The predicted molar refractivity (Wildman–Crippen MR) is 80.9 cm³/mol. The lowest BCUT2D eigenvalue weighted by Gasteiger charge is -2.20. The highest BCUT2D eigenvalue weighted by Crippen LogP contribution is 2.29. The van der Waals surface area contributed by atoms with Gasteiger partial charge >= 0.3 is 0 Å². The molecule has 0 spiro atoms. The van der Waals surface area contributed by atoms with Crippen LogP contribution in [0.15, 0.2) is 42.5 Å². The van der Waals surface area contributed by atoms with E-state index in [0.29, 0.717) is 5.56 Å². The van der Waals surface area contributed by atoms with Crippen molar-refractivity contribution in [2.24, 2.45) is 0 Å². The van der Waals surface area contributed by atoms with Gasteiger partial charge in [0.1, 0.15) is 5.82 Å². The highest BCUT2D eigenvalue weighted by atomic mass is 19.1. The molecule has 1 unspecified atom stereocenters. The third kappa shape index (κ3) is 3.37. The van der Waals surface area contributed by atoms with Crippen molar-refractivity contribution in [3.63, 3.8) is 0 Å². The predicted octanol–water partition coefficient (Wildman–Crippen LogP) is 4.61. The molecular weight excluding hydrogens is 271 g/mol. The van der Waals surface area contributed by atoms with Gasteiger partial charge in [0.05, 0.1) is 11.0 Å². The first-order chi connectivity index (χ1) is 10.0. The summed E-state index contributed by atoms with van der Waals surface area (Å²) in [6.07, 6.45) is 0.785. The zero-order valence-electron chi connectivity index (χ0n) is 12.0. The van der Waals surface area contributed by atoms with Crippen LogP contribution in [0.4, 0.5) is 15.8 Å². The molecule has 0 aliphatic rings. The average Bonchev–Trinajstić information content (AvgIpc) is 2.47. The normalized spacial score (nSPS) is 12.0. The maximum absolute atomic E-state index is 13.0. The van der Waals surface area contributed by atoms with E-state index in [0.717, 1.165) is 17.7 Å². The van der Waals surface area contributed by atoms with E-state index in [-0.39, 0.29) is 22.5 Å². The molecule has 2 aromatic carbocycles. The Hall–Kier alpha value is -2.43. The second-order valence-electron chi connectivity index (χ2n) is 4.86. The van der Waals surface area contributed by atoms with Crippen LogP contribution in [-0.2, 0) is 0 Å². The van der Waals surface area contributed by atoms with Gasteiger partial charge in [0.25, 0.3) is 5.69 Å². The summed E-state index contributed by atoms with van der Waals surface area (Å²) in [5.74, 6) is -0.278. The topological polar surface area (TPSA) is 55.2 Å². The van der Waals surface area contributed by atoms with Crippen LogP contribution >= 0.6 is 0 Å². The second-order valence-corrected chi connectivity index (χ2v) is 4.86. The Morgan fingerprint density at radius 2 is 1.90 bits per heavy atom. The SMILES string of the molecule is CCC(Nc1cccc([N+](=O)[O-])c1C)c1ccc(F)cc1. The summed E-state index contributed by atoms with van der Waals surface area (Å²) in [4.78, 5) is 10.6. The summed E-state index contributed by atoms with van der Waals surface area (Å²) in [5, 5.41) is 14.3. The van der Waals surface area contributed by atoms with Gasteiger partial charge in [-0.25, -0.2) is 4.39 Å². The summed E-state index contributed by atoms with van der Waals surface area (Å²) < 4.78 is 13.0. The standard InChI is InChI=1S/C16H17FN2O2/c1-3-14(12-7-9-13(17)10-8-12)18-15-5-4-6-16(11(15)2)19(20)21/h4-10,14,18H,3H2,1-2H3. The minimum absolute atomic E-state index is 0.0219. The van der Waals surface area contributed by atoms with E-state index in [4.69, 9.17) is 0 Å². The highest BCUT2D eigenvalue weighted by Gasteiger charge is 2.16. The van der Waals surface area contributed by atoms with E-state index in [2.05, 4.69) is 5.32 Å². The van der Waals surface area contributed by atoms with Crippen LogP contribution in [0.5, 0.6) is 0 Å². The Labute approximate surface area is 122 Å². The van der Waals surface area contributed by atoms with Gasteiger partial charge < -0.3 is 5.32 Å². The number of nitro benzene ring substituents is 1. The quantitative estimate of drug-likeness (QED) is 0.646. The summed E-state index contributed by atoms with van der Waals surface area (Å²) in [6.45, 7) is 3.73. The van der Waals surface area contributed by atoms with Crippen LogP contribution in [0.3, 0.4) is 0 Å². The molecule has 0 aliphatic heterocycles. The molecule has 0 aromatic heterocycles. The van der Waals surface area contributed by atoms with Gasteiger partial charge in [0, 0.05) is 17.3 Å². The molecule has 4 nitrogen and oxygen atoms in total. The first-order valence-corrected chi connectivity index (χ1v) is 6.79. The van der Waals surface area contributed by atoms with Crippen molar-refractivity contribution >= 4 is 11.4 Å². The monoisotopic (exact) mass is 288 g/mol. The molecule has 1 N–H and O–H groups in total. The fourth-order valence-electron chi connectivity index (χ4n) is 2.28. The van der Waals surface area contributed by atoms with Gasteiger partial charge in [-0.1, -0.05) is 25.1 Å². The van der Waals surface area contributed by atoms with Crippen molar-refractivity contribution in [2.75, 3.05) is 5.32 Å². The van der Waals surface area contributed by atoms with E-state index in [9.17, 15) is 14.5 Å². The largest absolute Gasteiger partial charge is 0.378 e. The molecule has 1 atom stereocenters. The first kappa shape index (κ1) is 15.0. The van der Waals surface area contributed by atoms with Crippen molar-refractivity contribution in [1.29, 1.82) is 0 Å². The van der Waals surface area contributed by atoms with Crippen LogP contribution in [-0.4, -0.2) is 4.92 Å². The zero-order valence-corrected chi connectivity index (χ0v) is 12.0. The maximum Gasteiger partial charge on any atom is 0.274 e. The minimum atomic E-state index is -0.390. The van der Waals surface area contributed by atoms with E-state index < -0.39 is 0 Å². The molecule has 0 aliphatic carbocycles. The Morgan fingerprint density at radius 3 is 2.48 bits per heavy atom. The number of anilines is 1. The van der Waals surface area contributed by atoms with E-state index in [1.807, 2.05) is 13.0 Å². The molecule has 0 bridgehead atoms. The zero-order chi connectivity index (χ0) is 15.4. The van der Waals surface area contributed by atoms with Crippen LogP contribution in [0, 0.1) is 22.9 Å². The van der Waals surface area contributed by atoms with Gasteiger partial charge in [-0.3, -0.25) is 10.1 Å². The lowest BCUT2D eigenvalue weighted by molar-refractivity contribution is -0.385. The van der Waals surface area contributed by atoms with Gasteiger partial charge in [0.15, 0.2) is 0 Å². The highest BCUT2D eigenvalue weighted by molar-refractivity contribution is 5.60. The van der Waals surface area contributed by atoms with Crippen LogP contribution < -0.4 is 5.32 Å². The third-order valence-corrected chi connectivity index (χ3v) is 3.51. The van der Waals surface area contributed by atoms with Crippen LogP contribution in [0.1, 0.15) is 30.5 Å². The number of hydrogen-bond acceptors (Lipinski definition) is 3. The number of rotatable bonds is 5. The van der Waals surface area contributed by atoms with E-state index >= 15 is 0 Å². The van der Waals surface area contributed by atoms with Crippen molar-refractivity contribution in [1.82, 2.24) is 0 Å². The number of hydrogen-bond donors (Lipinski definition) is 1. The van der Waals surface area contributed by atoms with Crippen LogP contribution in [0.2, 0.25) is 0 Å². The molecule has 5 heteroatoms. The minimum Gasteiger partial charge on any atom is -0.378 e. The Kier molecular flexibility index (Phi) is 4.52. The van der Waals surface area contributed by atoms with Gasteiger partial charge in [-0.05, 0) is 37.1 Å². The third-order valence-electron chi connectivity index (χ3n) is 3.51. The summed E-state index contributed by atoms with van der Waals surface area (Å²) >= 11 is 0. The molecule has 2 rings (SSSR count). The van der Waals surface area contributed by atoms with Crippen molar-refractivity contribution in [2.45, 2.75) is 26.3 Å². The molecule has 0 saturated heterocycles. The maximum atomic E-state index is 13.0. The summed E-state index contributed by atoms with van der Waals surface area (Å²) in [7, 11) is 0. The molecule has 0 heterocycles. The molecule has 0 amide bonds. The number of benzene rings is 2. The fourth-order valence-corrected chi connectivity index (χ4v) is 2.28. The van der Waals surface area contributed by atoms with Gasteiger partial charge in [-0.2, -0.15) is 0 Å². The van der Waals surface area contributed by atoms with E-state index in [1.165, 1.54) is 18.2 Å². The van der Waals surface area contributed by atoms with Crippen LogP contribution in [0.25, 0.3) is 0 Å². The van der Waals surface area contributed by atoms with E-state index in [1.54, 1.807) is 25.1 Å². The van der Waals surface area contributed by atoms with Crippen molar-refractivity contribution in [3.05, 3.63) is 69.5 Å². The lowest BCUT2D eigenvalue weighted by atomic mass is 10.0. The number of nitrogens with zero attached hydrogens (tertiary/aromatic N) is 1. The van der Waals surface area contributed by atoms with Crippen molar-refractivity contribution in [3.8, 4) is 0 Å². The van der Waals surface area contributed by atoms with Gasteiger partial charge in [-0.15, -0.1) is 0 Å². The molecule has 110 valence electrons. The second kappa shape index (κ2) is 6.35. The summed E-state index contributed by atoms with van der Waals surface area (Å²) in [6, 6.07) is 11.2. The Morgan fingerprint density at radius 1 is 1.24 bits per heavy atom. The van der Waals surface area contributed by atoms with Gasteiger partial charge in [0.2, 0.25) is 0 Å². The molecule has 21 heavy (non-hydrogen) atoms. The summed E-state index contributed by atoms with van der Waals surface area (Å²) in [5.41, 5.74) is 2.36. The molecule has 2 aromatic rings. The number of nitro groups is 1. The molecule has 0 radical (unpaired) electrons. The average molecular weight is 288 g/mol. The lowest BCUT2D eigenvalue weighted by Crippen LogP contribution is -2.11. The number of nitrogens with one attached hydrogen (secondary N) is 1.